The van der Waals surface area contributed by atoms with Gasteiger partial charge in [-0.25, -0.2) is 9.97 Å². The Labute approximate surface area is 177 Å². The molecule has 8 heteroatoms. The van der Waals surface area contributed by atoms with E-state index in [0.717, 1.165) is 6.07 Å². The van der Waals surface area contributed by atoms with Crippen LogP contribution in [0, 0.1) is 19.3 Å². The van der Waals surface area contributed by atoms with Gasteiger partial charge in [-0.2, -0.15) is 13.2 Å². The van der Waals surface area contributed by atoms with Gasteiger partial charge in [0.15, 0.2) is 5.78 Å². The number of nitrogens with one attached hydrogen (secondary N) is 1. The van der Waals surface area contributed by atoms with Gasteiger partial charge in [0.05, 0.1) is 30.4 Å². The van der Waals surface area contributed by atoms with E-state index in [-0.39, 0.29) is 17.8 Å². The molecule has 0 spiro atoms. The molecule has 0 unspecified atom stereocenters. The number of carbonyl (C=O) groups excluding carboxylic acids is 1. The quantitative estimate of drug-likeness (QED) is 0.629. The highest BCUT2D eigenvalue weighted by atomic mass is 19.4. The monoisotopic (exact) mass is 433 g/mol. The molecule has 0 bridgehead atoms. The van der Waals surface area contributed by atoms with Gasteiger partial charge in [0.2, 0.25) is 0 Å². The van der Waals surface area contributed by atoms with E-state index in [1.165, 1.54) is 13.0 Å². The molecule has 4 rings (SSSR count). The summed E-state index contributed by atoms with van der Waals surface area (Å²) in [5.41, 5.74) is 0.878. The minimum Gasteiger partial charge on any atom is -0.363 e. The van der Waals surface area contributed by atoms with Crippen LogP contribution in [-0.2, 0) is 17.4 Å². The number of carbonyl (C=O) groups is 1. The number of ketones is 1. The molecule has 1 atom stereocenters. The van der Waals surface area contributed by atoms with Crippen LogP contribution in [0.15, 0.2) is 23.8 Å². The molecule has 1 aromatic carbocycles. The molecule has 4 nitrogen and oxygen atoms in total. The zero-order valence-electron chi connectivity index (χ0n) is 17.5. The van der Waals surface area contributed by atoms with Gasteiger partial charge in [0.1, 0.15) is 11.6 Å². The maximum Gasteiger partial charge on any atom is 0.416 e. The number of anilines is 1. The number of fused-ring (bicyclic) bond motifs is 1. The largest absolute Gasteiger partial charge is 0.416 e. The van der Waals surface area contributed by atoms with Crippen LogP contribution in [0.5, 0.6) is 0 Å². The van der Waals surface area contributed by atoms with Crippen molar-refractivity contribution in [2.45, 2.75) is 52.3 Å². The Balaban J connectivity index is 1.73. The Kier molecular flexibility index (Phi) is 5.14. The smallest absolute Gasteiger partial charge is 0.363 e. The number of aryl methyl sites for hydroxylation is 1. The van der Waals surface area contributed by atoms with Crippen molar-refractivity contribution >= 4 is 17.7 Å². The van der Waals surface area contributed by atoms with Crippen LogP contribution in [0.3, 0.4) is 0 Å². The van der Waals surface area contributed by atoms with Crippen molar-refractivity contribution in [3.8, 4) is 0 Å². The minimum atomic E-state index is -4.44. The van der Waals surface area contributed by atoms with E-state index in [0.29, 0.717) is 46.9 Å². The predicted molar refractivity (Wildman–Crippen MR) is 109 cm³/mol. The fourth-order valence-electron chi connectivity index (χ4n) is 4.30. The first-order valence-corrected chi connectivity index (χ1v) is 10.2. The Morgan fingerprint density at radius 2 is 1.90 bits per heavy atom. The molecule has 2 aromatic rings. The van der Waals surface area contributed by atoms with Gasteiger partial charge < -0.3 is 5.32 Å². The standard InChI is InChI=1S/C23H23F4N3O/c1-12-15(5-4-6-17(12)23(25,26)27)13(2)28-21-16-9-18(22(11-24)7-8-22)20(31)10-19(16)29-14(3)30-21/h4-6,9,13H,7-8,10-11H2,1-3H3,(H,28,29,30)/t13-/m1/s1. The van der Waals surface area contributed by atoms with Crippen molar-refractivity contribution in [3.05, 3.63) is 57.5 Å². The van der Waals surface area contributed by atoms with E-state index in [1.807, 2.05) is 0 Å². The number of nitrogens with zero attached hydrogens (tertiary/aromatic N) is 2. The number of alkyl halides is 4. The molecule has 1 N–H and O–H groups in total. The number of hydrogen-bond acceptors (Lipinski definition) is 4. The maximum absolute atomic E-state index is 13.6. The number of rotatable bonds is 5. The second kappa shape index (κ2) is 7.43. The van der Waals surface area contributed by atoms with Gasteiger partial charge in [-0.3, -0.25) is 9.18 Å². The van der Waals surface area contributed by atoms with E-state index >= 15 is 0 Å². The Hall–Kier alpha value is -2.77. The van der Waals surface area contributed by atoms with E-state index in [4.69, 9.17) is 0 Å². The molecule has 1 fully saturated rings. The van der Waals surface area contributed by atoms with Gasteiger partial charge in [-0.05, 0) is 56.9 Å². The van der Waals surface area contributed by atoms with Gasteiger partial charge in [0, 0.05) is 16.6 Å². The third-order valence-electron chi connectivity index (χ3n) is 6.24. The molecule has 0 radical (unpaired) electrons. The highest BCUT2D eigenvalue weighted by molar-refractivity contribution is 6.06. The van der Waals surface area contributed by atoms with Crippen LogP contribution in [-0.4, -0.2) is 22.4 Å². The number of benzene rings is 1. The zero-order valence-corrected chi connectivity index (χ0v) is 17.5. The van der Waals surface area contributed by atoms with Crippen molar-refractivity contribution in [2.75, 3.05) is 12.0 Å². The lowest BCUT2D eigenvalue weighted by Gasteiger charge is -2.25. The topological polar surface area (TPSA) is 54.9 Å². The molecule has 1 saturated carbocycles. The average molecular weight is 433 g/mol. The number of aromatic nitrogens is 2. The lowest BCUT2D eigenvalue weighted by Crippen LogP contribution is -2.24. The fourth-order valence-corrected chi connectivity index (χ4v) is 4.30. The molecular formula is C23H23F4N3O. The second-order valence-corrected chi connectivity index (χ2v) is 8.44. The van der Waals surface area contributed by atoms with Crippen molar-refractivity contribution in [3.63, 3.8) is 0 Å². The summed E-state index contributed by atoms with van der Waals surface area (Å²) < 4.78 is 53.6. The third-order valence-corrected chi connectivity index (χ3v) is 6.24. The normalized spacial score (nSPS) is 18.3. The van der Waals surface area contributed by atoms with Gasteiger partial charge in [-0.15, -0.1) is 0 Å². The van der Waals surface area contributed by atoms with E-state index in [1.54, 1.807) is 26.0 Å². The molecule has 31 heavy (non-hydrogen) atoms. The Bertz CT molecular complexity index is 1090. The predicted octanol–water partition coefficient (Wildman–Crippen LogP) is 5.54. The summed E-state index contributed by atoms with van der Waals surface area (Å²) in [6.45, 7) is 4.31. The molecule has 0 aliphatic heterocycles. The van der Waals surface area contributed by atoms with Crippen LogP contribution in [0.1, 0.15) is 59.6 Å². The second-order valence-electron chi connectivity index (χ2n) is 8.44. The highest BCUT2D eigenvalue weighted by Gasteiger charge is 2.49. The van der Waals surface area contributed by atoms with Crippen molar-refractivity contribution in [2.24, 2.45) is 5.41 Å². The third kappa shape index (κ3) is 3.83. The van der Waals surface area contributed by atoms with Gasteiger partial charge in [-0.1, -0.05) is 12.1 Å². The molecule has 0 amide bonds. The Morgan fingerprint density at radius 3 is 2.52 bits per heavy atom. The van der Waals surface area contributed by atoms with Crippen LogP contribution in [0.25, 0.3) is 6.08 Å². The van der Waals surface area contributed by atoms with Gasteiger partial charge >= 0.3 is 6.18 Å². The SMILES string of the molecule is Cc1nc2c(c(N[C@H](C)c3cccc(C(F)(F)F)c3C)n1)C=C(C1(CF)CC1)C(=O)C2. The van der Waals surface area contributed by atoms with Crippen LogP contribution in [0.2, 0.25) is 0 Å². The lowest BCUT2D eigenvalue weighted by molar-refractivity contribution is -0.138. The number of Topliss-reactive ketones (excluding diaryl/α,β-unsaturated/α-hetero) is 1. The first kappa shape index (κ1) is 21.5. The van der Waals surface area contributed by atoms with Crippen LogP contribution < -0.4 is 5.32 Å². The van der Waals surface area contributed by atoms with Crippen molar-refractivity contribution in [1.82, 2.24) is 9.97 Å². The molecular weight excluding hydrogens is 410 g/mol. The number of allylic oxidation sites excluding steroid dienone is 1. The molecule has 0 saturated heterocycles. The first-order valence-electron chi connectivity index (χ1n) is 10.2. The summed E-state index contributed by atoms with van der Waals surface area (Å²) in [6.07, 6.45) is -1.44. The number of halogens is 4. The summed E-state index contributed by atoms with van der Waals surface area (Å²) in [7, 11) is 0. The van der Waals surface area contributed by atoms with E-state index in [2.05, 4.69) is 15.3 Å². The summed E-state index contributed by atoms with van der Waals surface area (Å²) in [6, 6.07) is 3.62. The molecule has 2 aliphatic rings. The van der Waals surface area contributed by atoms with E-state index in [9.17, 15) is 22.4 Å². The maximum atomic E-state index is 13.6. The van der Waals surface area contributed by atoms with Gasteiger partial charge in [0.25, 0.3) is 0 Å². The first-order chi connectivity index (χ1) is 14.6. The highest BCUT2D eigenvalue weighted by Crippen LogP contribution is 2.54. The van der Waals surface area contributed by atoms with Crippen molar-refractivity contribution < 1.29 is 22.4 Å². The van der Waals surface area contributed by atoms with Crippen LogP contribution >= 0.6 is 0 Å². The zero-order chi connectivity index (χ0) is 22.6. The lowest BCUT2D eigenvalue weighted by atomic mass is 9.85. The molecule has 2 aliphatic carbocycles. The fraction of sp³-hybridized carbons (Fsp3) is 0.435. The van der Waals surface area contributed by atoms with Crippen molar-refractivity contribution in [1.29, 1.82) is 0 Å². The van der Waals surface area contributed by atoms with Crippen LogP contribution in [0.4, 0.5) is 23.4 Å². The minimum absolute atomic E-state index is 0.0674. The summed E-state index contributed by atoms with van der Waals surface area (Å²) in [4.78, 5) is 21.4. The molecule has 164 valence electrons. The average Bonchev–Trinajstić information content (AvgIpc) is 3.47. The van der Waals surface area contributed by atoms with E-state index < -0.39 is 29.9 Å². The molecule has 1 aromatic heterocycles. The Morgan fingerprint density at radius 1 is 1.19 bits per heavy atom. The summed E-state index contributed by atoms with van der Waals surface area (Å²) in [5, 5.41) is 3.20. The number of hydrogen-bond donors (Lipinski definition) is 1. The summed E-state index contributed by atoms with van der Waals surface area (Å²) in [5.74, 6) is 0.755. The molecule has 1 heterocycles. The summed E-state index contributed by atoms with van der Waals surface area (Å²) >= 11 is 0.